The Hall–Kier alpha value is -1.47. The number of anilines is 2. The molecule has 1 saturated heterocycles. The van der Waals surface area contributed by atoms with Gasteiger partial charge in [-0.3, -0.25) is 0 Å². The van der Waals surface area contributed by atoms with Crippen LogP contribution in [0.1, 0.15) is 6.42 Å². The Kier molecular flexibility index (Phi) is 5.29. The number of rotatable bonds is 6. The van der Waals surface area contributed by atoms with E-state index in [-0.39, 0.29) is 0 Å². The van der Waals surface area contributed by atoms with Gasteiger partial charge in [0.1, 0.15) is 0 Å². The van der Waals surface area contributed by atoms with Crippen LogP contribution in [0.25, 0.3) is 0 Å². The van der Waals surface area contributed by atoms with Crippen molar-refractivity contribution in [3.05, 3.63) is 6.20 Å². The minimum absolute atomic E-state index is 0.600. The van der Waals surface area contributed by atoms with Gasteiger partial charge in [0.15, 0.2) is 5.82 Å². The molecule has 7 heteroatoms. The molecule has 7 nitrogen and oxygen atoms in total. The highest BCUT2D eigenvalue weighted by molar-refractivity contribution is 5.40. The second kappa shape index (κ2) is 7.20. The molecular weight excluding hydrogens is 244 g/mol. The SMILES string of the molecule is CN(C)CCCNc1nncc(N2CCOCC2)n1. The number of nitrogens with zero attached hydrogens (tertiary/aromatic N) is 5. The number of hydrogen-bond donors (Lipinski definition) is 1. The number of aromatic nitrogens is 3. The monoisotopic (exact) mass is 266 g/mol. The minimum Gasteiger partial charge on any atom is -0.378 e. The van der Waals surface area contributed by atoms with Gasteiger partial charge in [-0.2, -0.15) is 10.1 Å². The molecule has 0 radical (unpaired) electrons. The standard InChI is InChI=1S/C12H22N6O/c1-17(2)5-3-4-13-12-15-11(10-14-16-12)18-6-8-19-9-7-18/h10H,3-9H2,1-2H3,(H,13,15,16). The lowest BCUT2D eigenvalue weighted by Gasteiger charge is -2.27. The molecule has 0 saturated carbocycles. The molecular formula is C12H22N6O. The maximum atomic E-state index is 5.33. The minimum atomic E-state index is 0.600. The Labute approximate surface area is 114 Å². The van der Waals surface area contributed by atoms with Crippen molar-refractivity contribution in [2.45, 2.75) is 6.42 Å². The highest BCUT2D eigenvalue weighted by Gasteiger charge is 2.13. The quantitative estimate of drug-likeness (QED) is 0.731. The van der Waals surface area contributed by atoms with E-state index in [1.807, 2.05) is 0 Å². The number of hydrogen-bond acceptors (Lipinski definition) is 7. The molecule has 1 N–H and O–H groups in total. The normalized spacial score (nSPS) is 15.8. The van der Waals surface area contributed by atoms with Crippen LogP contribution < -0.4 is 10.2 Å². The summed E-state index contributed by atoms with van der Waals surface area (Å²) in [4.78, 5) is 8.81. The number of ether oxygens (including phenoxy) is 1. The van der Waals surface area contributed by atoms with Crippen LogP contribution in [-0.4, -0.2) is 73.6 Å². The van der Waals surface area contributed by atoms with E-state index >= 15 is 0 Å². The fraction of sp³-hybridized carbons (Fsp3) is 0.750. The fourth-order valence-corrected chi connectivity index (χ4v) is 1.91. The lowest BCUT2D eigenvalue weighted by atomic mass is 10.4. The predicted molar refractivity (Wildman–Crippen MR) is 74.5 cm³/mol. The molecule has 1 fully saturated rings. The second-order valence-electron chi connectivity index (χ2n) is 4.82. The maximum absolute atomic E-state index is 5.33. The molecule has 1 aliphatic rings. The average Bonchev–Trinajstić information content (AvgIpc) is 2.45. The topological polar surface area (TPSA) is 66.4 Å². The zero-order valence-electron chi connectivity index (χ0n) is 11.7. The van der Waals surface area contributed by atoms with Crippen molar-refractivity contribution < 1.29 is 4.74 Å². The van der Waals surface area contributed by atoms with Gasteiger partial charge in [-0.25, -0.2) is 0 Å². The van der Waals surface area contributed by atoms with Crippen molar-refractivity contribution >= 4 is 11.8 Å². The lowest BCUT2D eigenvalue weighted by molar-refractivity contribution is 0.122. The van der Waals surface area contributed by atoms with Crippen molar-refractivity contribution in [1.29, 1.82) is 0 Å². The van der Waals surface area contributed by atoms with Gasteiger partial charge < -0.3 is 19.9 Å². The van der Waals surface area contributed by atoms with Crippen molar-refractivity contribution in [2.75, 3.05) is 63.7 Å². The first-order chi connectivity index (χ1) is 9.25. The van der Waals surface area contributed by atoms with Gasteiger partial charge in [-0.15, -0.1) is 5.10 Å². The van der Waals surface area contributed by atoms with Crippen LogP contribution in [-0.2, 0) is 4.74 Å². The Morgan fingerprint density at radius 2 is 2.16 bits per heavy atom. The summed E-state index contributed by atoms with van der Waals surface area (Å²) in [5, 5.41) is 11.2. The first kappa shape index (κ1) is 14.0. The summed E-state index contributed by atoms with van der Waals surface area (Å²) < 4.78 is 5.33. The number of morpholine rings is 1. The van der Waals surface area contributed by atoms with E-state index in [1.54, 1.807) is 6.20 Å². The molecule has 2 rings (SSSR count). The van der Waals surface area contributed by atoms with Crippen molar-refractivity contribution in [3.63, 3.8) is 0 Å². The molecule has 0 aliphatic carbocycles. The molecule has 106 valence electrons. The van der Waals surface area contributed by atoms with E-state index in [4.69, 9.17) is 4.74 Å². The molecule has 2 heterocycles. The van der Waals surface area contributed by atoms with E-state index in [2.05, 4.69) is 44.4 Å². The summed E-state index contributed by atoms with van der Waals surface area (Å²) in [6.45, 7) is 5.11. The third-order valence-corrected chi connectivity index (χ3v) is 2.95. The zero-order chi connectivity index (χ0) is 13.5. The highest BCUT2D eigenvalue weighted by Crippen LogP contribution is 2.12. The van der Waals surface area contributed by atoms with Gasteiger partial charge in [0.2, 0.25) is 5.95 Å². The Bertz CT molecular complexity index is 380. The Balaban J connectivity index is 1.84. The lowest BCUT2D eigenvalue weighted by Crippen LogP contribution is -2.37. The molecule has 1 aromatic rings. The summed E-state index contributed by atoms with van der Waals surface area (Å²) in [7, 11) is 4.13. The van der Waals surface area contributed by atoms with E-state index in [0.717, 1.165) is 51.6 Å². The van der Waals surface area contributed by atoms with Crippen molar-refractivity contribution in [1.82, 2.24) is 20.1 Å². The molecule has 0 bridgehead atoms. The fourth-order valence-electron chi connectivity index (χ4n) is 1.91. The molecule has 0 amide bonds. The third-order valence-electron chi connectivity index (χ3n) is 2.95. The summed E-state index contributed by atoms with van der Waals surface area (Å²) in [5.74, 6) is 1.47. The zero-order valence-corrected chi connectivity index (χ0v) is 11.7. The van der Waals surface area contributed by atoms with E-state index < -0.39 is 0 Å². The Morgan fingerprint density at radius 1 is 1.37 bits per heavy atom. The van der Waals surface area contributed by atoms with Crippen LogP contribution in [0.3, 0.4) is 0 Å². The van der Waals surface area contributed by atoms with E-state index in [9.17, 15) is 0 Å². The number of nitrogens with one attached hydrogen (secondary N) is 1. The van der Waals surface area contributed by atoms with Gasteiger partial charge in [-0.1, -0.05) is 0 Å². The van der Waals surface area contributed by atoms with Crippen LogP contribution in [0.2, 0.25) is 0 Å². The van der Waals surface area contributed by atoms with Gasteiger partial charge in [0.25, 0.3) is 0 Å². The summed E-state index contributed by atoms with van der Waals surface area (Å²) in [6, 6.07) is 0. The summed E-state index contributed by atoms with van der Waals surface area (Å²) in [6.07, 6.45) is 2.76. The van der Waals surface area contributed by atoms with Crippen LogP contribution in [0.5, 0.6) is 0 Å². The molecule has 0 spiro atoms. The molecule has 19 heavy (non-hydrogen) atoms. The molecule has 0 unspecified atom stereocenters. The molecule has 1 aromatic heterocycles. The Morgan fingerprint density at radius 3 is 2.89 bits per heavy atom. The van der Waals surface area contributed by atoms with E-state index in [1.165, 1.54) is 0 Å². The van der Waals surface area contributed by atoms with Gasteiger partial charge >= 0.3 is 0 Å². The predicted octanol–water partition coefficient (Wildman–Crippen LogP) is 0.0718. The second-order valence-corrected chi connectivity index (χ2v) is 4.82. The summed E-state index contributed by atoms with van der Waals surface area (Å²) in [5.41, 5.74) is 0. The van der Waals surface area contributed by atoms with Crippen molar-refractivity contribution in [3.8, 4) is 0 Å². The first-order valence-corrected chi connectivity index (χ1v) is 6.67. The molecule has 1 aliphatic heterocycles. The van der Waals surface area contributed by atoms with Crippen LogP contribution in [0.4, 0.5) is 11.8 Å². The van der Waals surface area contributed by atoms with Crippen molar-refractivity contribution in [2.24, 2.45) is 0 Å². The van der Waals surface area contributed by atoms with E-state index in [0.29, 0.717) is 5.95 Å². The molecule has 0 aromatic carbocycles. The maximum Gasteiger partial charge on any atom is 0.244 e. The smallest absolute Gasteiger partial charge is 0.244 e. The van der Waals surface area contributed by atoms with Crippen LogP contribution >= 0.6 is 0 Å². The van der Waals surface area contributed by atoms with Crippen LogP contribution in [0.15, 0.2) is 6.20 Å². The summed E-state index contributed by atoms with van der Waals surface area (Å²) >= 11 is 0. The van der Waals surface area contributed by atoms with Gasteiger partial charge in [0.05, 0.1) is 19.4 Å². The van der Waals surface area contributed by atoms with Crippen LogP contribution in [0, 0.1) is 0 Å². The van der Waals surface area contributed by atoms with Gasteiger partial charge in [-0.05, 0) is 27.1 Å². The average molecular weight is 266 g/mol. The third kappa shape index (κ3) is 4.60. The first-order valence-electron chi connectivity index (χ1n) is 6.67. The van der Waals surface area contributed by atoms with Gasteiger partial charge in [0, 0.05) is 19.6 Å². The molecule has 0 atom stereocenters. The highest BCUT2D eigenvalue weighted by atomic mass is 16.5. The largest absolute Gasteiger partial charge is 0.378 e.